The molecule has 1 N–H and O–H groups in total. The Bertz CT molecular complexity index is 1190. The molecule has 3 rings (SSSR count). The Kier molecular flexibility index (Phi) is 8.16. The summed E-state index contributed by atoms with van der Waals surface area (Å²) >= 11 is 6.02. The van der Waals surface area contributed by atoms with Crippen LogP contribution in [0.1, 0.15) is 48.2 Å². The van der Waals surface area contributed by atoms with Gasteiger partial charge < -0.3 is 5.32 Å². The number of amides is 1. The number of sulfonamides is 1. The minimum atomic E-state index is -3.95. The number of carbonyl (C=O) groups is 1. The minimum absolute atomic E-state index is 0.0195. The molecule has 0 spiro atoms. The molecule has 0 aliphatic rings. The third kappa shape index (κ3) is 6.15. The molecule has 0 bridgehead atoms. The van der Waals surface area contributed by atoms with Crippen molar-refractivity contribution in [2.75, 3.05) is 4.31 Å². The van der Waals surface area contributed by atoms with Gasteiger partial charge in [-0.1, -0.05) is 66.9 Å². The average molecular weight is 485 g/mol. The molecule has 33 heavy (non-hydrogen) atoms. The number of benzene rings is 3. The summed E-state index contributed by atoms with van der Waals surface area (Å²) in [6.07, 6.45) is 1.78. The van der Waals surface area contributed by atoms with Crippen LogP contribution < -0.4 is 9.62 Å². The van der Waals surface area contributed by atoms with E-state index in [-0.39, 0.29) is 23.4 Å². The number of carbonyl (C=O) groups excluding carboxylic acids is 1. The lowest BCUT2D eigenvalue weighted by Crippen LogP contribution is -2.36. The smallest absolute Gasteiger partial charge is 0.264 e. The first-order valence-corrected chi connectivity index (χ1v) is 12.8. The fraction of sp³-hybridized carbons (Fsp3) is 0.269. The van der Waals surface area contributed by atoms with Crippen LogP contribution in [-0.4, -0.2) is 20.4 Å². The first kappa shape index (κ1) is 24.8. The zero-order valence-corrected chi connectivity index (χ0v) is 20.7. The van der Waals surface area contributed by atoms with E-state index >= 15 is 0 Å². The van der Waals surface area contributed by atoms with E-state index in [2.05, 4.69) is 12.2 Å². The van der Waals surface area contributed by atoms with Crippen molar-refractivity contribution >= 4 is 33.2 Å². The summed E-state index contributed by atoms with van der Waals surface area (Å²) in [5.41, 5.74) is 2.35. The molecule has 0 aliphatic carbocycles. The number of hydrogen-bond acceptors (Lipinski definition) is 3. The lowest BCUT2D eigenvalue weighted by atomic mass is 10.1. The molecule has 7 heteroatoms. The number of rotatable bonds is 9. The first-order chi connectivity index (χ1) is 15.7. The van der Waals surface area contributed by atoms with Gasteiger partial charge in [0.2, 0.25) is 0 Å². The Balaban J connectivity index is 2.09. The number of hydrogen-bond donors (Lipinski definition) is 1. The lowest BCUT2D eigenvalue weighted by molar-refractivity contribution is 0.0939. The number of nitrogens with zero attached hydrogens (tertiary/aromatic N) is 1. The van der Waals surface area contributed by atoms with E-state index in [1.807, 2.05) is 13.8 Å². The van der Waals surface area contributed by atoms with Gasteiger partial charge in [0.1, 0.15) is 0 Å². The monoisotopic (exact) mass is 484 g/mol. The van der Waals surface area contributed by atoms with Crippen molar-refractivity contribution in [1.29, 1.82) is 0 Å². The Morgan fingerprint density at radius 3 is 2.27 bits per heavy atom. The maximum atomic E-state index is 13.8. The zero-order valence-electron chi connectivity index (χ0n) is 19.1. The second-order valence-corrected chi connectivity index (χ2v) is 10.4. The molecule has 1 amide bonds. The van der Waals surface area contributed by atoms with Crippen LogP contribution in [0.5, 0.6) is 0 Å². The van der Waals surface area contributed by atoms with Gasteiger partial charge in [0.25, 0.3) is 15.9 Å². The fourth-order valence-corrected chi connectivity index (χ4v) is 5.18. The van der Waals surface area contributed by atoms with Gasteiger partial charge in [-0.15, -0.1) is 0 Å². The summed E-state index contributed by atoms with van der Waals surface area (Å²) in [6.45, 7) is 5.96. The molecule has 174 valence electrons. The molecule has 0 aromatic heterocycles. The van der Waals surface area contributed by atoms with Crippen molar-refractivity contribution in [2.45, 2.75) is 51.1 Å². The summed E-state index contributed by atoms with van der Waals surface area (Å²) in [4.78, 5) is 13.3. The van der Waals surface area contributed by atoms with Crippen molar-refractivity contribution in [1.82, 2.24) is 5.32 Å². The third-order valence-corrected chi connectivity index (χ3v) is 7.39. The standard InChI is InChI=1S/C26H29ClN2O3S/c1-4-7-20(3)28-26(30)24-8-5-6-9-25(24)29(18-21-12-14-22(27)15-13-21)33(31,32)23-16-10-19(2)11-17-23/h5-6,8-17,20H,4,7,18H2,1-3H3,(H,28,30)/t20-/m0/s1. The Labute approximate surface area is 201 Å². The maximum absolute atomic E-state index is 13.8. The van der Waals surface area contributed by atoms with Crippen LogP contribution in [0.15, 0.2) is 77.7 Å². The van der Waals surface area contributed by atoms with Crippen LogP contribution in [0.2, 0.25) is 5.02 Å². The molecule has 0 fully saturated rings. The highest BCUT2D eigenvalue weighted by molar-refractivity contribution is 7.92. The van der Waals surface area contributed by atoms with Crippen molar-refractivity contribution in [2.24, 2.45) is 0 Å². The van der Waals surface area contributed by atoms with Gasteiger partial charge in [0, 0.05) is 11.1 Å². The van der Waals surface area contributed by atoms with Crippen LogP contribution in [0.4, 0.5) is 5.69 Å². The van der Waals surface area contributed by atoms with Crippen LogP contribution >= 0.6 is 11.6 Å². The summed E-state index contributed by atoms with van der Waals surface area (Å²) < 4.78 is 28.9. The van der Waals surface area contributed by atoms with Gasteiger partial charge in [0.05, 0.1) is 22.7 Å². The second kappa shape index (κ2) is 10.9. The van der Waals surface area contributed by atoms with E-state index < -0.39 is 10.0 Å². The largest absolute Gasteiger partial charge is 0.350 e. The minimum Gasteiger partial charge on any atom is -0.350 e. The molecule has 3 aromatic rings. The maximum Gasteiger partial charge on any atom is 0.264 e. The number of para-hydroxylation sites is 1. The van der Waals surface area contributed by atoms with Crippen molar-refractivity contribution in [3.8, 4) is 0 Å². The van der Waals surface area contributed by atoms with E-state index in [1.165, 1.54) is 4.31 Å². The number of nitrogens with one attached hydrogen (secondary N) is 1. The van der Waals surface area contributed by atoms with Gasteiger partial charge in [-0.05, 0) is 62.2 Å². The first-order valence-electron chi connectivity index (χ1n) is 11.0. The van der Waals surface area contributed by atoms with Crippen LogP contribution in [-0.2, 0) is 16.6 Å². The lowest BCUT2D eigenvalue weighted by Gasteiger charge is -2.27. The number of aryl methyl sites for hydroxylation is 1. The molecule has 3 aromatic carbocycles. The van der Waals surface area contributed by atoms with Gasteiger partial charge >= 0.3 is 0 Å². The van der Waals surface area contributed by atoms with E-state index in [4.69, 9.17) is 11.6 Å². The molecule has 0 aliphatic heterocycles. The topological polar surface area (TPSA) is 66.5 Å². The molecule has 0 unspecified atom stereocenters. The highest BCUT2D eigenvalue weighted by Gasteiger charge is 2.29. The normalized spacial score (nSPS) is 12.2. The zero-order chi connectivity index (χ0) is 24.0. The summed E-state index contributed by atoms with van der Waals surface area (Å²) in [5, 5.41) is 3.55. The summed E-state index contributed by atoms with van der Waals surface area (Å²) in [5.74, 6) is -0.299. The molecular formula is C26H29ClN2O3S. The SMILES string of the molecule is CCC[C@H](C)NC(=O)c1ccccc1N(Cc1ccc(Cl)cc1)S(=O)(=O)c1ccc(C)cc1. The van der Waals surface area contributed by atoms with E-state index in [9.17, 15) is 13.2 Å². The third-order valence-electron chi connectivity index (χ3n) is 5.36. The van der Waals surface area contributed by atoms with Crippen LogP contribution in [0.25, 0.3) is 0 Å². The number of anilines is 1. The van der Waals surface area contributed by atoms with Crippen molar-refractivity contribution in [3.63, 3.8) is 0 Å². The second-order valence-electron chi connectivity index (χ2n) is 8.13. The Morgan fingerprint density at radius 1 is 1.00 bits per heavy atom. The van der Waals surface area contributed by atoms with Gasteiger partial charge in [0.15, 0.2) is 0 Å². The molecule has 0 heterocycles. The fourth-order valence-electron chi connectivity index (χ4n) is 3.58. The highest BCUT2D eigenvalue weighted by atomic mass is 35.5. The molecule has 0 radical (unpaired) electrons. The van der Waals surface area contributed by atoms with E-state index in [1.54, 1.807) is 72.8 Å². The molecule has 5 nitrogen and oxygen atoms in total. The van der Waals surface area contributed by atoms with Gasteiger partial charge in [-0.2, -0.15) is 0 Å². The predicted molar refractivity (Wildman–Crippen MR) is 134 cm³/mol. The van der Waals surface area contributed by atoms with Crippen LogP contribution in [0.3, 0.4) is 0 Å². The quantitative estimate of drug-likeness (QED) is 0.407. The predicted octanol–water partition coefficient (Wildman–Crippen LogP) is 5.96. The summed E-state index contributed by atoms with van der Waals surface area (Å²) in [7, 11) is -3.95. The van der Waals surface area contributed by atoms with Gasteiger partial charge in [-0.25, -0.2) is 8.42 Å². The Hall–Kier alpha value is -2.83. The van der Waals surface area contributed by atoms with E-state index in [0.717, 1.165) is 24.0 Å². The van der Waals surface area contributed by atoms with Crippen LogP contribution in [0, 0.1) is 6.92 Å². The molecule has 1 atom stereocenters. The average Bonchev–Trinajstić information content (AvgIpc) is 2.79. The summed E-state index contributed by atoms with van der Waals surface area (Å²) in [6, 6.07) is 20.5. The Morgan fingerprint density at radius 2 is 1.64 bits per heavy atom. The van der Waals surface area contributed by atoms with Crippen molar-refractivity contribution < 1.29 is 13.2 Å². The molecule has 0 saturated heterocycles. The van der Waals surface area contributed by atoms with Gasteiger partial charge in [-0.3, -0.25) is 9.10 Å². The highest BCUT2D eigenvalue weighted by Crippen LogP contribution is 2.30. The van der Waals surface area contributed by atoms with Crippen molar-refractivity contribution in [3.05, 3.63) is 94.5 Å². The van der Waals surface area contributed by atoms with E-state index in [0.29, 0.717) is 16.3 Å². The number of halogens is 1. The molecular weight excluding hydrogens is 456 g/mol. The molecule has 0 saturated carbocycles.